The SMILES string of the molecule is CCN1CCCn2nc(C(=O)N3CCOCC3)cc2C1. The molecule has 0 radical (unpaired) electrons. The van der Waals surface area contributed by atoms with Crippen molar-refractivity contribution in [3.05, 3.63) is 17.5 Å². The van der Waals surface area contributed by atoms with Crippen molar-refractivity contribution in [1.29, 1.82) is 0 Å². The Morgan fingerprint density at radius 1 is 1.30 bits per heavy atom. The lowest BCUT2D eigenvalue weighted by molar-refractivity contribution is 0.0298. The van der Waals surface area contributed by atoms with Gasteiger partial charge in [0.2, 0.25) is 0 Å². The van der Waals surface area contributed by atoms with Crippen molar-refractivity contribution in [2.75, 3.05) is 39.4 Å². The lowest BCUT2D eigenvalue weighted by Gasteiger charge is -2.25. The minimum absolute atomic E-state index is 0.0388. The van der Waals surface area contributed by atoms with Crippen LogP contribution in [0.4, 0.5) is 0 Å². The second-order valence-electron chi connectivity index (χ2n) is 5.37. The lowest BCUT2D eigenvalue weighted by atomic mass is 10.3. The van der Waals surface area contributed by atoms with E-state index in [1.165, 1.54) is 0 Å². The maximum atomic E-state index is 12.4. The number of hydrogen-bond acceptors (Lipinski definition) is 4. The molecule has 0 atom stereocenters. The average Bonchev–Trinajstić information content (AvgIpc) is 2.79. The number of rotatable bonds is 2. The summed E-state index contributed by atoms with van der Waals surface area (Å²) in [5.74, 6) is 0.0388. The van der Waals surface area contributed by atoms with E-state index in [4.69, 9.17) is 4.74 Å². The number of aryl methyl sites for hydroxylation is 1. The Morgan fingerprint density at radius 2 is 2.10 bits per heavy atom. The van der Waals surface area contributed by atoms with Crippen molar-refractivity contribution < 1.29 is 9.53 Å². The van der Waals surface area contributed by atoms with Crippen LogP contribution >= 0.6 is 0 Å². The fourth-order valence-electron chi connectivity index (χ4n) is 2.83. The second kappa shape index (κ2) is 5.93. The van der Waals surface area contributed by atoms with Crippen LogP contribution in [0.1, 0.15) is 29.5 Å². The highest BCUT2D eigenvalue weighted by Gasteiger charge is 2.23. The third kappa shape index (κ3) is 2.71. The third-order valence-corrected chi connectivity index (χ3v) is 4.06. The fraction of sp³-hybridized carbons (Fsp3) is 0.714. The molecule has 1 aromatic rings. The number of carbonyl (C=O) groups excluding carboxylic acids is 1. The number of fused-ring (bicyclic) bond motifs is 1. The molecular weight excluding hydrogens is 256 g/mol. The Balaban J connectivity index is 1.76. The number of hydrogen-bond donors (Lipinski definition) is 0. The maximum Gasteiger partial charge on any atom is 0.274 e. The zero-order valence-electron chi connectivity index (χ0n) is 12.0. The number of amides is 1. The Kier molecular flexibility index (Phi) is 4.03. The molecule has 6 nitrogen and oxygen atoms in total. The molecule has 1 fully saturated rings. The molecule has 0 spiro atoms. The first kappa shape index (κ1) is 13.6. The van der Waals surface area contributed by atoms with Gasteiger partial charge in [-0.3, -0.25) is 14.4 Å². The summed E-state index contributed by atoms with van der Waals surface area (Å²) < 4.78 is 7.29. The van der Waals surface area contributed by atoms with E-state index in [0.717, 1.165) is 38.3 Å². The van der Waals surface area contributed by atoms with Crippen LogP contribution in [0, 0.1) is 0 Å². The number of aromatic nitrogens is 2. The predicted molar refractivity (Wildman–Crippen MR) is 74.5 cm³/mol. The predicted octanol–water partition coefficient (Wildman–Crippen LogP) is 0.581. The summed E-state index contributed by atoms with van der Waals surface area (Å²) in [6.07, 6.45) is 1.09. The first-order chi connectivity index (χ1) is 9.78. The van der Waals surface area contributed by atoms with Gasteiger partial charge in [0.1, 0.15) is 0 Å². The van der Waals surface area contributed by atoms with Gasteiger partial charge in [0.15, 0.2) is 5.69 Å². The Hall–Kier alpha value is -1.40. The van der Waals surface area contributed by atoms with Gasteiger partial charge in [0, 0.05) is 32.7 Å². The minimum atomic E-state index is 0.0388. The normalized spacial score (nSPS) is 20.6. The maximum absolute atomic E-state index is 12.4. The van der Waals surface area contributed by atoms with Crippen molar-refractivity contribution in [3.63, 3.8) is 0 Å². The van der Waals surface area contributed by atoms with Crippen molar-refractivity contribution in [3.8, 4) is 0 Å². The van der Waals surface area contributed by atoms with Crippen LogP contribution < -0.4 is 0 Å². The van der Waals surface area contributed by atoms with Gasteiger partial charge >= 0.3 is 0 Å². The van der Waals surface area contributed by atoms with Gasteiger partial charge in [-0.05, 0) is 19.0 Å². The van der Waals surface area contributed by atoms with Crippen molar-refractivity contribution in [1.82, 2.24) is 19.6 Å². The van der Waals surface area contributed by atoms with Gasteiger partial charge in [0.25, 0.3) is 5.91 Å². The third-order valence-electron chi connectivity index (χ3n) is 4.06. The van der Waals surface area contributed by atoms with E-state index in [1.807, 2.05) is 15.6 Å². The van der Waals surface area contributed by atoms with E-state index in [-0.39, 0.29) is 5.91 Å². The van der Waals surface area contributed by atoms with E-state index in [9.17, 15) is 4.79 Å². The molecule has 1 saturated heterocycles. The number of morpholine rings is 1. The summed E-state index contributed by atoms with van der Waals surface area (Å²) in [5.41, 5.74) is 1.74. The van der Waals surface area contributed by atoms with E-state index >= 15 is 0 Å². The Labute approximate surface area is 119 Å². The summed E-state index contributed by atoms with van der Waals surface area (Å²) in [4.78, 5) is 16.7. The summed E-state index contributed by atoms with van der Waals surface area (Å²) in [6, 6.07) is 1.96. The number of ether oxygens (including phenoxy) is 1. The van der Waals surface area contributed by atoms with Gasteiger partial charge in [-0.15, -0.1) is 0 Å². The smallest absolute Gasteiger partial charge is 0.274 e. The van der Waals surface area contributed by atoms with Crippen molar-refractivity contribution >= 4 is 5.91 Å². The minimum Gasteiger partial charge on any atom is -0.378 e. The monoisotopic (exact) mass is 278 g/mol. The summed E-state index contributed by atoms with van der Waals surface area (Å²) in [5, 5.41) is 4.51. The first-order valence-electron chi connectivity index (χ1n) is 7.44. The highest BCUT2D eigenvalue weighted by molar-refractivity contribution is 5.92. The number of carbonyl (C=O) groups is 1. The van der Waals surface area contributed by atoms with Crippen LogP contribution in [0.2, 0.25) is 0 Å². The van der Waals surface area contributed by atoms with Crippen molar-refractivity contribution in [2.45, 2.75) is 26.4 Å². The molecule has 1 amide bonds. The summed E-state index contributed by atoms with van der Waals surface area (Å²) >= 11 is 0. The molecule has 0 bridgehead atoms. The largest absolute Gasteiger partial charge is 0.378 e. The molecule has 3 rings (SSSR count). The van der Waals surface area contributed by atoms with Crippen LogP contribution in [0.15, 0.2) is 6.07 Å². The standard InChI is InChI=1S/C14H22N4O2/c1-2-16-4-3-5-18-12(11-16)10-13(15-18)14(19)17-6-8-20-9-7-17/h10H,2-9,11H2,1H3. The summed E-state index contributed by atoms with van der Waals surface area (Å²) in [6.45, 7) is 8.70. The van der Waals surface area contributed by atoms with Crippen LogP contribution in [-0.4, -0.2) is 64.9 Å². The molecule has 20 heavy (non-hydrogen) atoms. The summed E-state index contributed by atoms with van der Waals surface area (Å²) in [7, 11) is 0. The van der Waals surface area contributed by atoms with Crippen LogP contribution in [0.25, 0.3) is 0 Å². The molecular formula is C14H22N4O2. The zero-order valence-corrected chi connectivity index (χ0v) is 12.0. The lowest BCUT2D eigenvalue weighted by Crippen LogP contribution is -2.40. The molecule has 0 saturated carbocycles. The molecule has 2 aliphatic heterocycles. The molecule has 0 unspecified atom stereocenters. The average molecular weight is 278 g/mol. The van der Waals surface area contributed by atoms with E-state index in [1.54, 1.807) is 0 Å². The van der Waals surface area contributed by atoms with Gasteiger partial charge in [0.05, 0.1) is 18.9 Å². The Morgan fingerprint density at radius 3 is 2.85 bits per heavy atom. The quantitative estimate of drug-likeness (QED) is 0.794. The van der Waals surface area contributed by atoms with E-state index < -0.39 is 0 Å². The first-order valence-corrected chi connectivity index (χ1v) is 7.44. The van der Waals surface area contributed by atoms with E-state index in [0.29, 0.717) is 32.0 Å². The highest BCUT2D eigenvalue weighted by Crippen LogP contribution is 2.15. The van der Waals surface area contributed by atoms with Crippen molar-refractivity contribution in [2.24, 2.45) is 0 Å². The Bertz CT molecular complexity index is 480. The molecule has 110 valence electrons. The van der Waals surface area contributed by atoms with Crippen LogP contribution in [0.3, 0.4) is 0 Å². The van der Waals surface area contributed by atoms with E-state index in [2.05, 4.69) is 16.9 Å². The molecule has 2 aliphatic rings. The molecule has 6 heteroatoms. The van der Waals surface area contributed by atoms with Gasteiger partial charge in [-0.25, -0.2) is 0 Å². The fourth-order valence-corrected chi connectivity index (χ4v) is 2.83. The molecule has 3 heterocycles. The topological polar surface area (TPSA) is 50.6 Å². The number of nitrogens with zero attached hydrogens (tertiary/aromatic N) is 4. The molecule has 0 N–H and O–H groups in total. The highest BCUT2D eigenvalue weighted by atomic mass is 16.5. The molecule has 0 aromatic carbocycles. The molecule has 0 aliphatic carbocycles. The second-order valence-corrected chi connectivity index (χ2v) is 5.37. The molecule has 1 aromatic heterocycles. The van der Waals surface area contributed by atoms with Crippen LogP contribution in [0.5, 0.6) is 0 Å². The van der Waals surface area contributed by atoms with Gasteiger partial charge in [-0.2, -0.15) is 5.10 Å². The van der Waals surface area contributed by atoms with Crippen LogP contribution in [-0.2, 0) is 17.8 Å². The van der Waals surface area contributed by atoms with Gasteiger partial charge < -0.3 is 9.64 Å². The van der Waals surface area contributed by atoms with Gasteiger partial charge in [-0.1, -0.05) is 6.92 Å². The zero-order chi connectivity index (χ0) is 13.9.